The van der Waals surface area contributed by atoms with Crippen LogP contribution in [0.1, 0.15) is 22.3 Å². The molecule has 0 saturated carbocycles. The normalized spacial score (nSPS) is 12.2. The first-order valence-corrected chi connectivity index (χ1v) is 6.24. The maximum Gasteiger partial charge on any atom is 0.254 e. The highest BCUT2D eigenvalue weighted by Crippen LogP contribution is 2.10. The number of halogens is 2. The number of benzene rings is 1. The van der Waals surface area contributed by atoms with Crippen molar-refractivity contribution in [2.24, 2.45) is 0 Å². The van der Waals surface area contributed by atoms with E-state index in [1.807, 2.05) is 0 Å². The molecule has 1 aromatic carbocycles. The molecule has 0 aliphatic rings. The van der Waals surface area contributed by atoms with Gasteiger partial charge in [-0.3, -0.25) is 4.79 Å². The highest BCUT2D eigenvalue weighted by atomic mass is 35.5. The van der Waals surface area contributed by atoms with E-state index in [1.54, 1.807) is 20.1 Å². The third kappa shape index (κ3) is 4.27. The third-order valence-corrected chi connectivity index (χ3v) is 2.75. The molecule has 1 amide bonds. The Labute approximate surface area is 111 Å². The van der Waals surface area contributed by atoms with Gasteiger partial charge in [0.1, 0.15) is 5.82 Å². The van der Waals surface area contributed by atoms with Gasteiger partial charge in [0.15, 0.2) is 0 Å². The number of methoxy groups -OCH3 is 1. The Morgan fingerprint density at radius 3 is 2.83 bits per heavy atom. The van der Waals surface area contributed by atoms with E-state index < -0.39 is 11.7 Å². The average Bonchev–Trinajstić information content (AvgIpc) is 2.29. The van der Waals surface area contributed by atoms with E-state index in [9.17, 15) is 9.18 Å². The van der Waals surface area contributed by atoms with Gasteiger partial charge in [-0.05, 0) is 31.0 Å². The van der Waals surface area contributed by atoms with Crippen LogP contribution in [0.15, 0.2) is 18.2 Å². The quantitative estimate of drug-likeness (QED) is 0.809. The van der Waals surface area contributed by atoms with E-state index in [1.165, 1.54) is 12.1 Å². The second kappa shape index (κ2) is 7.34. The molecule has 1 unspecified atom stereocenters. The van der Waals surface area contributed by atoms with Crippen molar-refractivity contribution in [1.29, 1.82) is 0 Å². The first-order valence-electron chi connectivity index (χ1n) is 5.70. The van der Waals surface area contributed by atoms with Gasteiger partial charge in [0.05, 0.1) is 18.2 Å². The number of hydrogen-bond acceptors (Lipinski definition) is 2. The molecule has 1 rings (SSSR count). The van der Waals surface area contributed by atoms with E-state index in [0.29, 0.717) is 18.9 Å². The summed E-state index contributed by atoms with van der Waals surface area (Å²) in [6.45, 7) is 2.12. The minimum Gasteiger partial charge on any atom is -0.383 e. The van der Waals surface area contributed by atoms with E-state index in [2.05, 4.69) is 5.32 Å². The highest BCUT2D eigenvalue weighted by Gasteiger charge is 2.16. The fraction of sp³-hybridized carbons (Fsp3) is 0.462. The molecule has 0 spiro atoms. The van der Waals surface area contributed by atoms with Crippen LogP contribution in [-0.2, 0) is 4.74 Å². The van der Waals surface area contributed by atoms with Crippen molar-refractivity contribution < 1.29 is 13.9 Å². The number of alkyl halides is 1. The third-order valence-electron chi connectivity index (χ3n) is 2.53. The summed E-state index contributed by atoms with van der Waals surface area (Å²) in [5.74, 6) is -0.556. The molecule has 1 atom stereocenters. The minimum absolute atomic E-state index is 0.0382. The van der Waals surface area contributed by atoms with Crippen LogP contribution in [0.25, 0.3) is 0 Å². The van der Waals surface area contributed by atoms with E-state index in [-0.39, 0.29) is 11.6 Å². The second-order valence-corrected chi connectivity index (χ2v) is 4.46. The summed E-state index contributed by atoms with van der Waals surface area (Å²) in [5.41, 5.74) is 0.814. The Kier molecular flexibility index (Phi) is 6.09. The zero-order valence-electron chi connectivity index (χ0n) is 10.5. The maximum atomic E-state index is 13.6. The van der Waals surface area contributed by atoms with Crippen LogP contribution in [0.5, 0.6) is 0 Å². The van der Waals surface area contributed by atoms with Crippen LogP contribution in [0.2, 0.25) is 0 Å². The zero-order valence-corrected chi connectivity index (χ0v) is 11.3. The smallest absolute Gasteiger partial charge is 0.254 e. The second-order valence-electron chi connectivity index (χ2n) is 4.09. The highest BCUT2D eigenvalue weighted by molar-refractivity contribution is 6.17. The van der Waals surface area contributed by atoms with Crippen molar-refractivity contribution in [2.75, 3.05) is 19.6 Å². The Morgan fingerprint density at radius 1 is 1.56 bits per heavy atom. The molecule has 100 valence electrons. The van der Waals surface area contributed by atoms with Gasteiger partial charge in [-0.2, -0.15) is 0 Å². The lowest BCUT2D eigenvalue weighted by Gasteiger charge is -2.17. The molecule has 1 N–H and O–H groups in total. The van der Waals surface area contributed by atoms with Gasteiger partial charge in [-0.25, -0.2) is 4.39 Å². The minimum atomic E-state index is -0.519. The molecule has 0 fully saturated rings. The Balaban J connectivity index is 2.73. The van der Waals surface area contributed by atoms with Crippen LogP contribution in [0.3, 0.4) is 0 Å². The number of ether oxygens (including phenoxy) is 1. The van der Waals surface area contributed by atoms with Crippen LogP contribution in [-0.4, -0.2) is 31.5 Å². The Morgan fingerprint density at radius 2 is 2.28 bits per heavy atom. The lowest BCUT2D eigenvalue weighted by molar-refractivity contribution is 0.0891. The number of hydrogen-bond donors (Lipinski definition) is 1. The van der Waals surface area contributed by atoms with Gasteiger partial charge in [0.2, 0.25) is 0 Å². The summed E-state index contributed by atoms with van der Waals surface area (Å²) in [6.07, 6.45) is 0.578. The number of rotatable bonds is 6. The number of nitrogens with one attached hydrogen (secondary N) is 1. The summed E-state index contributed by atoms with van der Waals surface area (Å²) < 4.78 is 18.6. The number of aryl methyl sites for hydroxylation is 1. The molecule has 0 saturated heterocycles. The molecular weight excluding hydrogens is 257 g/mol. The number of amides is 1. The topological polar surface area (TPSA) is 38.3 Å². The number of carbonyl (C=O) groups excluding carboxylic acids is 1. The molecule has 0 radical (unpaired) electrons. The summed E-state index contributed by atoms with van der Waals surface area (Å²) in [5, 5.41) is 2.71. The molecule has 18 heavy (non-hydrogen) atoms. The zero-order chi connectivity index (χ0) is 13.5. The largest absolute Gasteiger partial charge is 0.383 e. The summed E-state index contributed by atoms with van der Waals surface area (Å²) >= 11 is 5.63. The van der Waals surface area contributed by atoms with Crippen molar-refractivity contribution in [3.63, 3.8) is 0 Å². The fourth-order valence-electron chi connectivity index (χ4n) is 1.60. The van der Waals surface area contributed by atoms with Crippen molar-refractivity contribution in [1.82, 2.24) is 5.32 Å². The molecule has 0 aromatic heterocycles. The van der Waals surface area contributed by atoms with Gasteiger partial charge in [-0.1, -0.05) is 6.07 Å². The molecule has 1 aromatic rings. The molecule has 0 aliphatic carbocycles. The van der Waals surface area contributed by atoms with E-state index in [0.717, 1.165) is 5.56 Å². The van der Waals surface area contributed by atoms with E-state index >= 15 is 0 Å². The fourth-order valence-corrected chi connectivity index (χ4v) is 1.86. The summed E-state index contributed by atoms with van der Waals surface area (Å²) in [7, 11) is 1.54. The van der Waals surface area contributed by atoms with Gasteiger partial charge in [-0.15, -0.1) is 11.6 Å². The van der Waals surface area contributed by atoms with Gasteiger partial charge in [0, 0.05) is 13.0 Å². The van der Waals surface area contributed by atoms with Crippen LogP contribution < -0.4 is 5.32 Å². The van der Waals surface area contributed by atoms with Crippen LogP contribution >= 0.6 is 11.6 Å². The lowest BCUT2D eigenvalue weighted by Crippen LogP contribution is -2.38. The van der Waals surface area contributed by atoms with Gasteiger partial charge >= 0.3 is 0 Å². The van der Waals surface area contributed by atoms with Crippen molar-refractivity contribution >= 4 is 17.5 Å². The average molecular weight is 274 g/mol. The molecule has 3 nitrogen and oxygen atoms in total. The molecule has 5 heteroatoms. The predicted molar refractivity (Wildman–Crippen MR) is 69.6 cm³/mol. The summed E-state index contributed by atoms with van der Waals surface area (Å²) in [6, 6.07) is 4.30. The molecule has 0 aliphatic heterocycles. The standard InChI is InChI=1S/C13H17ClFNO2/c1-9-3-4-11(12(15)7-9)13(17)16-10(5-6-14)8-18-2/h3-4,7,10H,5-6,8H2,1-2H3,(H,16,17). The van der Waals surface area contributed by atoms with Gasteiger partial charge < -0.3 is 10.1 Å². The SMILES string of the molecule is COCC(CCCl)NC(=O)c1ccc(C)cc1F. The monoisotopic (exact) mass is 273 g/mol. The Hall–Kier alpha value is -1.13. The summed E-state index contributed by atoms with van der Waals surface area (Å²) in [4.78, 5) is 11.9. The lowest BCUT2D eigenvalue weighted by atomic mass is 10.1. The number of carbonyl (C=O) groups is 1. The predicted octanol–water partition coefficient (Wildman–Crippen LogP) is 2.51. The van der Waals surface area contributed by atoms with E-state index in [4.69, 9.17) is 16.3 Å². The van der Waals surface area contributed by atoms with Crippen molar-refractivity contribution in [3.8, 4) is 0 Å². The first kappa shape index (κ1) is 14.9. The maximum absolute atomic E-state index is 13.6. The molecular formula is C13H17ClFNO2. The van der Waals surface area contributed by atoms with Crippen molar-refractivity contribution in [2.45, 2.75) is 19.4 Å². The Bertz CT molecular complexity index is 406. The van der Waals surface area contributed by atoms with Crippen molar-refractivity contribution in [3.05, 3.63) is 35.1 Å². The van der Waals surface area contributed by atoms with Gasteiger partial charge in [0.25, 0.3) is 5.91 Å². The molecule has 0 bridgehead atoms. The first-order chi connectivity index (χ1) is 8.58. The molecule has 0 heterocycles. The van der Waals surface area contributed by atoms with Crippen LogP contribution in [0.4, 0.5) is 4.39 Å². The van der Waals surface area contributed by atoms with Crippen LogP contribution in [0, 0.1) is 12.7 Å².